The van der Waals surface area contributed by atoms with Crippen LogP contribution in [-0.2, 0) is 16.1 Å². The van der Waals surface area contributed by atoms with Crippen LogP contribution < -0.4 is 10.2 Å². The van der Waals surface area contributed by atoms with Crippen LogP contribution in [0.25, 0.3) is 0 Å². The zero-order valence-corrected chi connectivity index (χ0v) is 17.9. The van der Waals surface area contributed by atoms with Crippen LogP contribution in [0.2, 0.25) is 0 Å². The maximum atomic E-state index is 12.9. The Balaban J connectivity index is 1.33. The van der Waals surface area contributed by atoms with Gasteiger partial charge in [0, 0.05) is 32.4 Å². The van der Waals surface area contributed by atoms with Crippen LogP contribution in [0.1, 0.15) is 56.9 Å². The summed E-state index contributed by atoms with van der Waals surface area (Å²) >= 11 is 0. The lowest BCUT2D eigenvalue weighted by Gasteiger charge is -2.30. The molecule has 2 heterocycles. The number of rotatable bonds is 5. The van der Waals surface area contributed by atoms with Crippen molar-refractivity contribution in [3.8, 4) is 0 Å². The third kappa shape index (κ3) is 4.16. The Bertz CT molecular complexity index is 795. The van der Waals surface area contributed by atoms with E-state index < -0.39 is 11.6 Å². The van der Waals surface area contributed by atoms with E-state index in [9.17, 15) is 14.4 Å². The van der Waals surface area contributed by atoms with E-state index in [1.165, 1.54) is 24.9 Å². The summed E-state index contributed by atoms with van der Waals surface area (Å²) in [6.45, 7) is 2.46. The number of imide groups is 1. The topological polar surface area (TPSA) is 73.0 Å². The van der Waals surface area contributed by atoms with E-state index in [0.717, 1.165) is 42.8 Å². The van der Waals surface area contributed by atoms with Crippen LogP contribution in [0, 0.1) is 0 Å². The molecule has 3 fully saturated rings. The molecule has 0 unspecified atom stereocenters. The summed E-state index contributed by atoms with van der Waals surface area (Å²) in [5.41, 5.74) is 1.48. The third-order valence-electron chi connectivity index (χ3n) is 6.75. The van der Waals surface area contributed by atoms with Gasteiger partial charge in [-0.25, -0.2) is 4.79 Å². The van der Waals surface area contributed by atoms with E-state index in [1.54, 1.807) is 11.9 Å². The van der Waals surface area contributed by atoms with Gasteiger partial charge in [0.2, 0.25) is 5.91 Å². The second-order valence-corrected chi connectivity index (χ2v) is 8.93. The molecule has 1 aromatic carbocycles. The minimum absolute atomic E-state index is 0.200. The smallest absolute Gasteiger partial charge is 0.325 e. The van der Waals surface area contributed by atoms with E-state index >= 15 is 0 Å². The second kappa shape index (κ2) is 8.66. The van der Waals surface area contributed by atoms with Crippen LogP contribution in [-0.4, -0.2) is 59.9 Å². The van der Waals surface area contributed by atoms with Crippen molar-refractivity contribution < 1.29 is 14.4 Å². The molecule has 1 saturated carbocycles. The standard InChI is InChI=1S/C23H32N4O3/c1-25(16-18-8-10-19(11-9-18)26-14-6-3-7-15-26)20(28)17-27-21(29)23(24-22(27)30)12-4-2-5-13-23/h8-11H,2-7,12-17H2,1H3,(H,24,30). The minimum atomic E-state index is -0.779. The predicted molar refractivity (Wildman–Crippen MR) is 115 cm³/mol. The first kappa shape index (κ1) is 20.7. The highest BCUT2D eigenvalue weighted by atomic mass is 16.2. The molecule has 1 spiro atoms. The fraction of sp³-hybridized carbons (Fsp3) is 0.609. The van der Waals surface area contributed by atoms with Crippen molar-refractivity contribution >= 4 is 23.5 Å². The maximum absolute atomic E-state index is 12.9. The Hall–Kier alpha value is -2.57. The molecular weight excluding hydrogens is 380 g/mol. The van der Waals surface area contributed by atoms with Crippen molar-refractivity contribution in [2.24, 2.45) is 0 Å². The molecule has 4 amide bonds. The molecule has 1 N–H and O–H groups in total. The number of likely N-dealkylation sites (N-methyl/N-ethyl adjacent to an activating group) is 1. The van der Waals surface area contributed by atoms with Crippen LogP contribution >= 0.6 is 0 Å². The zero-order chi connectivity index (χ0) is 21.1. The third-order valence-corrected chi connectivity index (χ3v) is 6.75. The average Bonchev–Trinajstić information content (AvgIpc) is 2.99. The summed E-state index contributed by atoms with van der Waals surface area (Å²) in [6, 6.07) is 7.90. The summed E-state index contributed by atoms with van der Waals surface area (Å²) in [7, 11) is 1.72. The highest BCUT2D eigenvalue weighted by molar-refractivity contribution is 6.09. The Morgan fingerprint density at radius 2 is 1.63 bits per heavy atom. The van der Waals surface area contributed by atoms with Gasteiger partial charge >= 0.3 is 6.03 Å². The van der Waals surface area contributed by atoms with Crippen molar-refractivity contribution in [3.63, 3.8) is 0 Å². The molecule has 1 aliphatic carbocycles. The van der Waals surface area contributed by atoms with E-state index in [0.29, 0.717) is 19.4 Å². The molecule has 7 heteroatoms. The van der Waals surface area contributed by atoms with Gasteiger partial charge in [0.25, 0.3) is 5.91 Å². The number of urea groups is 1. The molecule has 2 saturated heterocycles. The van der Waals surface area contributed by atoms with Gasteiger partial charge in [-0.15, -0.1) is 0 Å². The largest absolute Gasteiger partial charge is 0.372 e. The molecule has 30 heavy (non-hydrogen) atoms. The molecule has 0 radical (unpaired) electrons. The summed E-state index contributed by atoms with van der Waals surface area (Å²) in [5.74, 6) is -0.466. The van der Waals surface area contributed by atoms with Crippen molar-refractivity contribution in [1.29, 1.82) is 0 Å². The van der Waals surface area contributed by atoms with E-state index in [-0.39, 0.29) is 18.4 Å². The SMILES string of the molecule is CN(Cc1ccc(N2CCCCC2)cc1)C(=O)CN1C(=O)NC2(CCCCC2)C1=O. The van der Waals surface area contributed by atoms with Crippen LogP contribution in [0.5, 0.6) is 0 Å². The maximum Gasteiger partial charge on any atom is 0.325 e. The lowest BCUT2D eigenvalue weighted by molar-refractivity contribution is -0.139. The van der Waals surface area contributed by atoms with E-state index in [1.807, 2.05) is 0 Å². The summed E-state index contributed by atoms with van der Waals surface area (Å²) in [6.07, 6.45) is 8.07. The average molecular weight is 413 g/mol. The number of anilines is 1. The van der Waals surface area contributed by atoms with Crippen LogP contribution in [0.15, 0.2) is 24.3 Å². The Morgan fingerprint density at radius 1 is 1.00 bits per heavy atom. The number of piperidine rings is 1. The Morgan fingerprint density at radius 3 is 2.30 bits per heavy atom. The normalized spacial score (nSPS) is 21.1. The zero-order valence-electron chi connectivity index (χ0n) is 17.9. The number of nitrogens with zero attached hydrogens (tertiary/aromatic N) is 3. The number of carbonyl (C=O) groups is 3. The molecule has 162 valence electrons. The monoisotopic (exact) mass is 412 g/mol. The van der Waals surface area contributed by atoms with Gasteiger partial charge in [0.15, 0.2) is 0 Å². The molecule has 3 aliphatic rings. The summed E-state index contributed by atoms with van der Waals surface area (Å²) in [4.78, 5) is 43.1. The highest BCUT2D eigenvalue weighted by Gasteiger charge is 2.51. The first-order chi connectivity index (χ1) is 14.5. The number of benzene rings is 1. The van der Waals surface area contributed by atoms with Gasteiger partial charge in [-0.2, -0.15) is 0 Å². The van der Waals surface area contributed by atoms with Crippen LogP contribution in [0.4, 0.5) is 10.5 Å². The van der Waals surface area contributed by atoms with Crippen LogP contribution in [0.3, 0.4) is 0 Å². The van der Waals surface area contributed by atoms with Crippen molar-refractivity contribution in [3.05, 3.63) is 29.8 Å². The molecule has 7 nitrogen and oxygen atoms in total. The van der Waals surface area contributed by atoms with Crippen molar-refractivity contribution in [2.45, 2.75) is 63.5 Å². The van der Waals surface area contributed by atoms with Gasteiger partial charge in [-0.05, 0) is 49.8 Å². The summed E-state index contributed by atoms with van der Waals surface area (Å²) in [5, 5.41) is 2.86. The lowest BCUT2D eigenvalue weighted by atomic mass is 9.82. The van der Waals surface area contributed by atoms with Gasteiger partial charge in [-0.1, -0.05) is 31.4 Å². The molecular formula is C23H32N4O3. The van der Waals surface area contributed by atoms with Gasteiger partial charge < -0.3 is 15.1 Å². The Kier molecular flexibility index (Phi) is 5.97. The molecule has 4 rings (SSSR count). The number of hydrogen-bond donors (Lipinski definition) is 1. The summed E-state index contributed by atoms with van der Waals surface area (Å²) < 4.78 is 0. The molecule has 1 aromatic rings. The van der Waals surface area contributed by atoms with Gasteiger partial charge in [0.1, 0.15) is 12.1 Å². The highest BCUT2D eigenvalue weighted by Crippen LogP contribution is 2.33. The first-order valence-corrected chi connectivity index (χ1v) is 11.2. The number of amides is 4. The molecule has 2 aliphatic heterocycles. The number of carbonyl (C=O) groups excluding carboxylic acids is 3. The van der Waals surface area contributed by atoms with E-state index in [2.05, 4.69) is 34.5 Å². The number of nitrogens with one attached hydrogen (secondary N) is 1. The predicted octanol–water partition coefficient (Wildman–Crippen LogP) is 2.89. The quantitative estimate of drug-likeness (QED) is 0.755. The fourth-order valence-electron chi connectivity index (χ4n) is 4.90. The van der Waals surface area contributed by atoms with E-state index in [4.69, 9.17) is 0 Å². The van der Waals surface area contributed by atoms with Gasteiger partial charge in [-0.3, -0.25) is 14.5 Å². The Labute approximate surface area is 178 Å². The lowest BCUT2D eigenvalue weighted by Crippen LogP contribution is -2.49. The molecule has 0 aromatic heterocycles. The second-order valence-electron chi connectivity index (χ2n) is 8.93. The molecule has 0 bridgehead atoms. The van der Waals surface area contributed by atoms with Crippen molar-refractivity contribution in [1.82, 2.24) is 15.1 Å². The first-order valence-electron chi connectivity index (χ1n) is 11.2. The fourth-order valence-corrected chi connectivity index (χ4v) is 4.90. The van der Waals surface area contributed by atoms with Gasteiger partial charge in [0.05, 0.1) is 0 Å². The number of hydrogen-bond acceptors (Lipinski definition) is 4. The molecule has 0 atom stereocenters. The van der Waals surface area contributed by atoms with Crippen molar-refractivity contribution in [2.75, 3.05) is 31.6 Å². The minimum Gasteiger partial charge on any atom is -0.372 e.